The van der Waals surface area contributed by atoms with Crippen molar-refractivity contribution in [2.75, 3.05) is 6.54 Å². The largest absolute Gasteiger partial charge is 0.460 e. The third kappa shape index (κ3) is 3.96. The number of hydrogen-bond acceptors (Lipinski definition) is 4. The van der Waals surface area contributed by atoms with E-state index < -0.39 is 5.60 Å². The van der Waals surface area contributed by atoms with Gasteiger partial charge in [0.15, 0.2) is 0 Å². The molecule has 0 spiro atoms. The molecule has 4 heteroatoms. The molecule has 1 heterocycles. The minimum absolute atomic E-state index is 0.0614. The second kappa shape index (κ2) is 4.94. The van der Waals surface area contributed by atoms with Crippen LogP contribution in [0.4, 0.5) is 0 Å². The number of carbonyl (C=O) groups is 1. The van der Waals surface area contributed by atoms with Gasteiger partial charge in [0.25, 0.3) is 0 Å². The van der Waals surface area contributed by atoms with Gasteiger partial charge in [-0.1, -0.05) is 6.92 Å². The smallest absolute Gasteiger partial charge is 0.310 e. The summed E-state index contributed by atoms with van der Waals surface area (Å²) in [5.74, 6) is -0.173. The van der Waals surface area contributed by atoms with Crippen molar-refractivity contribution in [1.29, 1.82) is 0 Å². The summed E-state index contributed by atoms with van der Waals surface area (Å²) < 4.78 is 5.40. The van der Waals surface area contributed by atoms with E-state index in [2.05, 4.69) is 12.2 Å². The van der Waals surface area contributed by atoms with Crippen LogP contribution in [0, 0.1) is 5.92 Å². The minimum atomic E-state index is -0.411. The minimum Gasteiger partial charge on any atom is -0.460 e. The van der Waals surface area contributed by atoms with E-state index in [9.17, 15) is 4.79 Å². The SMILES string of the molecule is CCC(C)(N)C1CC(C(=O)OC(C)(C)C)CN1. The van der Waals surface area contributed by atoms with Crippen LogP contribution in [0.1, 0.15) is 47.5 Å². The highest BCUT2D eigenvalue weighted by Gasteiger charge is 2.39. The van der Waals surface area contributed by atoms with Crippen molar-refractivity contribution >= 4 is 5.97 Å². The Kier molecular flexibility index (Phi) is 4.20. The molecular weight excluding hydrogens is 216 g/mol. The van der Waals surface area contributed by atoms with Gasteiger partial charge < -0.3 is 15.8 Å². The first kappa shape index (κ1) is 14.5. The normalized spacial score (nSPS) is 28.8. The highest BCUT2D eigenvalue weighted by atomic mass is 16.6. The van der Waals surface area contributed by atoms with E-state index in [0.29, 0.717) is 6.54 Å². The van der Waals surface area contributed by atoms with Crippen molar-refractivity contribution in [2.45, 2.75) is 64.6 Å². The molecule has 3 unspecified atom stereocenters. The van der Waals surface area contributed by atoms with Crippen molar-refractivity contribution in [1.82, 2.24) is 5.32 Å². The number of nitrogens with one attached hydrogen (secondary N) is 1. The number of carbonyl (C=O) groups excluding carboxylic acids is 1. The molecule has 0 aromatic carbocycles. The predicted octanol–water partition coefficient (Wildman–Crippen LogP) is 1.43. The van der Waals surface area contributed by atoms with Crippen molar-refractivity contribution in [2.24, 2.45) is 11.7 Å². The first-order valence-electron chi connectivity index (χ1n) is 6.41. The Labute approximate surface area is 104 Å². The fourth-order valence-electron chi connectivity index (χ4n) is 2.05. The molecule has 4 nitrogen and oxygen atoms in total. The summed E-state index contributed by atoms with van der Waals surface area (Å²) in [6.45, 7) is 10.5. The molecule has 0 amide bonds. The molecule has 1 aliphatic rings. The topological polar surface area (TPSA) is 64.4 Å². The van der Waals surface area contributed by atoms with Crippen molar-refractivity contribution in [3.8, 4) is 0 Å². The number of hydrogen-bond donors (Lipinski definition) is 2. The van der Waals surface area contributed by atoms with E-state index in [1.165, 1.54) is 0 Å². The Hall–Kier alpha value is -0.610. The van der Waals surface area contributed by atoms with Gasteiger partial charge in [-0.15, -0.1) is 0 Å². The Balaban J connectivity index is 2.54. The molecule has 0 aliphatic carbocycles. The third-order valence-corrected chi connectivity index (χ3v) is 3.43. The molecule has 17 heavy (non-hydrogen) atoms. The monoisotopic (exact) mass is 242 g/mol. The van der Waals surface area contributed by atoms with Crippen LogP contribution in [0.25, 0.3) is 0 Å². The van der Waals surface area contributed by atoms with Gasteiger partial charge in [-0.25, -0.2) is 0 Å². The summed E-state index contributed by atoms with van der Waals surface area (Å²) in [7, 11) is 0. The first-order chi connectivity index (χ1) is 7.65. The van der Waals surface area contributed by atoms with Crippen molar-refractivity contribution < 1.29 is 9.53 Å². The van der Waals surface area contributed by atoms with Crippen LogP contribution in [0.5, 0.6) is 0 Å². The van der Waals surface area contributed by atoms with Gasteiger partial charge in [0, 0.05) is 18.1 Å². The maximum absolute atomic E-state index is 11.9. The summed E-state index contributed by atoms with van der Waals surface area (Å²) in [6, 6.07) is 0.199. The zero-order valence-electron chi connectivity index (χ0n) is 11.7. The third-order valence-electron chi connectivity index (χ3n) is 3.43. The van der Waals surface area contributed by atoms with Gasteiger partial charge in [0.1, 0.15) is 5.60 Å². The lowest BCUT2D eigenvalue weighted by atomic mass is 9.87. The maximum atomic E-state index is 11.9. The van der Waals surface area contributed by atoms with Crippen molar-refractivity contribution in [3.63, 3.8) is 0 Å². The Morgan fingerprint density at radius 2 is 2.00 bits per heavy atom. The molecule has 1 fully saturated rings. The van der Waals surface area contributed by atoms with Gasteiger partial charge >= 0.3 is 5.97 Å². The van der Waals surface area contributed by atoms with E-state index in [-0.39, 0.29) is 23.5 Å². The molecule has 1 saturated heterocycles. The standard InChI is InChI=1S/C13H26N2O2/c1-6-13(5,14)10-7-9(8-15-10)11(16)17-12(2,3)4/h9-10,15H,6-8,14H2,1-5H3. The molecule has 3 atom stereocenters. The van der Waals surface area contributed by atoms with Gasteiger partial charge in [-0.2, -0.15) is 0 Å². The Bertz CT molecular complexity index is 282. The number of rotatable bonds is 3. The fraction of sp³-hybridized carbons (Fsp3) is 0.923. The molecule has 0 aromatic rings. The van der Waals surface area contributed by atoms with Crippen LogP contribution in [0.3, 0.4) is 0 Å². The quantitative estimate of drug-likeness (QED) is 0.735. The summed E-state index contributed by atoms with van der Waals surface area (Å²) in [6.07, 6.45) is 1.67. The molecule has 1 aliphatic heterocycles. The first-order valence-corrected chi connectivity index (χ1v) is 6.41. The van der Waals surface area contributed by atoms with Crippen LogP contribution in [0.2, 0.25) is 0 Å². The van der Waals surface area contributed by atoms with E-state index in [1.54, 1.807) is 0 Å². The summed E-state index contributed by atoms with van der Waals surface area (Å²) >= 11 is 0. The maximum Gasteiger partial charge on any atom is 0.310 e. The zero-order chi connectivity index (χ0) is 13.3. The highest BCUT2D eigenvalue weighted by Crippen LogP contribution is 2.25. The van der Waals surface area contributed by atoms with Crippen LogP contribution in [0.15, 0.2) is 0 Å². The summed E-state index contributed by atoms with van der Waals surface area (Å²) in [4.78, 5) is 11.9. The van der Waals surface area contributed by atoms with Crippen LogP contribution >= 0.6 is 0 Å². The van der Waals surface area contributed by atoms with Gasteiger partial charge in [0.2, 0.25) is 0 Å². The highest BCUT2D eigenvalue weighted by molar-refractivity contribution is 5.73. The van der Waals surface area contributed by atoms with E-state index in [0.717, 1.165) is 12.8 Å². The van der Waals surface area contributed by atoms with Gasteiger partial charge in [-0.05, 0) is 40.5 Å². The van der Waals surface area contributed by atoms with E-state index >= 15 is 0 Å². The van der Waals surface area contributed by atoms with E-state index in [1.807, 2.05) is 27.7 Å². The molecule has 0 bridgehead atoms. The molecule has 0 aromatic heterocycles. The van der Waals surface area contributed by atoms with Crippen LogP contribution in [-0.2, 0) is 9.53 Å². The molecule has 100 valence electrons. The fourth-order valence-corrected chi connectivity index (χ4v) is 2.05. The Morgan fingerprint density at radius 3 is 2.47 bits per heavy atom. The molecule has 0 radical (unpaired) electrons. The number of ether oxygens (including phenoxy) is 1. The lowest BCUT2D eigenvalue weighted by molar-refractivity contribution is -0.159. The second-order valence-corrected chi connectivity index (χ2v) is 6.29. The molecule has 1 rings (SSSR count). The molecular formula is C13H26N2O2. The van der Waals surface area contributed by atoms with Gasteiger partial charge in [0.05, 0.1) is 5.92 Å². The predicted molar refractivity (Wildman–Crippen MR) is 68.6 cm³/mol. The molecule has 0 saturated carbocycles. The average Bonchev–Trinajstić information content (AvgIpc) is 2.64. The van der Waals surface area contributed by atoms with Crippen LogP contribution < -0.4 is 11.1 Å². The summed E-state index contributed by atoms with van der Waals surface area (Å²) in [5, 5.41) is 3.34. The number of esters is 1. The number of nitrogens with two attached hydrogens (primary N) is 1. The molecule has 3 N–H and O–H groups in total. The lowest BCUT2D eigenvalue weighted by Crippen LogP contribution is -2.52. The van der Waals surface area contributed by atoms with Gasteiger partial charge in [-0.3, -0.25) is 4.79 Å². The van der Waals surface area contributed by atoms with Crippen molar-refractivity contribution in [3.05, 3.63) is 0 Å². The van der Waals surface area contributed by atoms with E-state index in [4.69, 9.17) is 10.5 Å². The average molecular weight is 242 g/mol. The zero-order valence-corrected chi connectivity index (χ0v) is 11.7. The van der Waals surface area contributed by atoms with Crippen LogP contribution in [-0.4, -0.2) is 29.7 Å². The second-order valence-electron chi connectivity index (χ2n) is 6.29. The summed E-state index contributed by atoms with van der Waals surface area (Å²) in [5.41, 5.74) is 5.53. The lowest BCUT2D eigenvalue weighted by Gasteiger charge is -2.30. The Morgan fingerprint density at radius 1 is 1.41 bits per heavy atom.